The molecule has 4 N–H and O–H groups in total. The monoisotopic (exact) mass is 260 g/mol. The van der Waals surface area contributed by atoms with Gasteiger partial charge in [0.15, 0.2) is 6.61 Å². The van der Waals surface area contributed by atoms with Crippen LogP contribution in [0.25, 0.3) is 0 Å². The van der Waals surface area contributed by atoms with Gasteiger partial charge in [-0.25, -0.2) is 0 Å². The molecule has 0 atom stereocenters. The minimum atomic E-state index is -0.241. The molecule has 1 aromatic heterocycles. The maximum atomic E-state index is 11.7. The number of aryl methyl sites for hydroxylation is 1. The molecule has 0 aliphatic rings. The Morgan fingerprint density at radius 2 is 2.16 bits per heavy atom. The second-order valence-corrected chi connectivity index (χ2v) is 4.11. The molecular weight excluding hydrogens is 244 g/mol. The molecule has 0 unspecified atom stereocenters. The third-order valence-corrected chi connectivity index (χ3v) is 2.62. The van der Waals surface area contributed by atoms with Gasteiger partial charge in [0.25, 0.3) is 5.91 Å². The Kier molecular flexibility index (Phi) is 4.15. The summed E-state index contributed by atoms with van der Waals surface area (Å²) in [6.07, 6.45) is 1.64. The zero-order valence-electron chi connectivity index (χ0n) is 10.6. The first kappa shape index (κ1) is 13.1. The number of carbonyl (C=O) groups is 1. The summed E-state index contributed by atoms with van der Waals surface area (Å²) >= 11 is 0. The minimum absolute atomic E-state index is 0.0551. The van der Waals surface area contributed by atoms with E-state index in [1.807, 2.05) is 19.1 Å². The largest absolute Gasteiger partial charge is 0.484 e. The van der Waals surface area contributed by atoms with Gasteiger partial charge in [-0.2, -0.15) is 5.10 Å². The molecule has 0 saturated carbocycles. The summed E-state index contributed by atoms with van der Waals surface area (Å²) in [5, 5.41) is 9.20. The number of benzene rings is 1. The normalized spacial score (nSPS) is 10.2. The first-order valence-electron chi connectivity index (χ1n) is 5.90. The molecular formula is C13H16N4O2. The number of nitrogens with two attached hydrogens (primary N) is 1. The Morgan fingerprint density at radius 3 is 2.74 bits per heavy atom. The number of ether oxygens (including phenoxy) is 1. The Bertz CT molecular complexity index is 548. The van der Waals surface area contributed by atoms with E-state index >= 15 is 0 Å². The molecule has 2 rings (SSSR count). The molecule has 1 amide bonds. The predicted octanol–water partition coefficient (Wildman–Crippen LogP) is 1.19. The van der Waals surface area contributed by atoms with E-state index in [1.54, 1.807) is 18.3 Å². The number of H-pyrrole nitrogens is 1. The highest BCUT2D eigenvalue weighted by atomic mass is 16.5. The number of nitrogens with zero attached hydrogens (tertiary/aromatic N) is 1. The number of anilines is 1. The lowest BCUT2D eigenvalue weighted by atomic mass is 10.2. The Labute approximate surface area is 111 Å². The van der Waals surface area contributed by atoms with E-state index in [2.05, 4.69) is 15.5 Å². The lowest BCUT2D eigenvalue weighted by molar-refractivity contribution is -0.118. The fraction of sp³-hybridized carbons (Fsp3) is 0.231. The van der Waals surface area contributed by atoms with E-state index in [1.165, 1.54) is 0 Å². The van der Waals surface area contributed by atoms with Crippen molar-refractivity contribution in [1.29, 1.82) is 0 Å². The number of carbonyl (C=O) groups excluding carboxylic acids is 1. The van der Waals surface area contributed by atoms with Gasteiger partial charge in [0, 0.05) is 12.1 Å². The van der Waals surface area contributed by atoms with Crippen LogP contribution < -0.4 is 15.8 Å². The molecule has 0 aliphatic carbocycles. The van der Waals surface area contributed by atoms with Crippen LogP contribution in [-0.2, 0) is 11.3 Å². The van der Waals surface area contributed by atoms with Crippen molar-refractivity contribution in [3.8, 4) is 5.75 Å². The average molecular weight is 260 g/mol. The maximum Gasteiger partial charge on any atom is 0.263 e. The van der Waals surface area contributed by atoms with Gasteiger partial charge in [0.05, 0.1) is 6.20 Å². The van der Waals surface area contributed by atoms with Gasteiger partial charge >= 0.3 is 0 Å². The molecule has 1 heterocycles. The first-order valence-corrected chi connectivity index (χ1v) is 5.90. The van der Waals surface area contributed by atoms with E-state index in [9.17, 15) is 4.79 Å². The number of nitrogens with one attached hydrogen (secondary N) is 2. The molecule has 100 valence electrons. The topological polar surface area (TPSA) is 93.0 Å². The molecule has 2 aromatic rings. The lowest BCUT2D eigenvalue weighted by Crippen LogP contribution is -2.20. The summed E-state index contributed by atoms with van der Waals surface area (Å²) < 4.78 is 5.37. The third-order valence-electron chi connectivity index (χ3n) is 2.62. The van der Waals surface area contributed by atoms with E-state index in [-0.39, 0.29) is 12.5 Å². The number of amides is 1. The molecule has 1 aromatic carbocycles. The SMILES string of the molecule is Cc1cn[nH]c1NC(=O)COc1ccc(CN)cc1. The van der Waals surface area contributed by atoms with E-state index in [4.69, 9.17) is 10.5 Å². The van der Waals surface area contributed by atoms with Crippen molar-refractivity contribution in [3.63, 3.8) is 0 Å². The van der Waals surface area contributed by atoms with Crippen LogP contribution in [0.3, 0.4) is 0 Å². The van der Waals surface area contributed by atoms with Crippen molar-refractivity contribution in [1.82, 2.24) is 10.2 Å². The van der Waals surface area contributed by atoms with Gasteiger partial charge in [-0.05, 0) is 24.6 Å². The van der Waals surface area contributed by atoms with E-state index < -0.39 is 0 Å². The van der Waals surface area contributed by atoms with Crippen LogP contribution in [-0.4, -0.2) is 22.7 Å². The molecule has 0 aliphatic heterocycles. The highest BCUT2D eigenvalue weighted by Crippen LogP contribution is 2.12. The van der Waals surface area contributed by atoms with Crippen molar-refractivity contribution < 1.29 is 9.53 Å². The summed E-state index contributed by atoms with van der Waals surface area (Å²) in [7, 11) is 0. The summed E-state index contributed by atoms with van der Waals surface area (Å²) in [4.78, 5) is 11.7. The lowest BCUT2D eigenvalue weighted by Gasteiger charge is -2.07. The number of rotatable bonds is 5. The molecule has 0 spiro atoms. The molecule has 0 fully saturated rings. The second-order valence-electron chi connectivity index (χ2n) is 4.11. The van der Waals surface area contributed by atoms with Crippen molar-refractivity contribution in [2.75, 3.05) is 11.9 Å². The molecule has 19 heavy (non-hydrogen) atoms. The molecule has 0 bridgehead atoms. The standard InChI is InChI=1S/C13H16N4O2/c1-9-7-15-17-13(9)16-12(18)8-19-11-4-2-10(6-14)3-5-11/h2-5,7H,6,8,14H2,1H3,(H2,15,16,17,18). The second kappa shape index (κ2) is 6.01. The summed E-state index contributed by atoms with van der Waals surface area (Å²) in [6, 6.07) is 7.31. The molecule has 0 radical (unpaired) electrons. The van der Waals surface area contributed by atoms with Crippen LogP contribution in [0.4, 0.5) is 5.82 Å². The summed E-state index contributed by atoms with van der Waals surface area (Å²) in [5.74, 6) is 0.982. The van der Waals surface area contributed by atoms with Gasteiger partial charge in [0.2, 0.25) is 0 Å². The minimum Gasteiger partial charge on any atom is -0.484 e. The van der Waals surface area contributed by atoms with Gasteiger partial charge < -0.3 is 15.8 Å². The fourth-order valence-corrected chi connectivity index (χ4v) is 1.52. The third kappa shape index (κ3) is 3.56. The van der Waals surface area contributed by atoms with Crippen molar-refractivity contribution in [2.45, 2.75) is 13.5 Å². The number of aromatic nitrogens is 2. The highest BCUT2D eigenvalue weighted by molar-refractivity contribution is 5.91. The predicted molar refractivity (Wildman–Crippen MR) is 71.8 cm³/mol. The number of hydrogen-bond acceptors (Lipinski definition) is 4. The average Bonchev–Trinajstić information content (AvgIpc) is 2.82. The van der Waals surface area contributed by atoms with Crippen molar-refractivity contribution in [3.05, 3.63) is 41.6 Å². The van der Waals surface area contributed by atoms with Gasteiger partial charge in [-0.15, -0.1) is 0 Å². The fourth-order valence-electron chi connectivity index (χ4n) is 1.52. The smallest absolute Gasteiger partial charge is 0.263 e. The Hall–Kier alpha value is -2.34. The van der Waals surface area contributed by atoms with Crippen molar-refractivity contribution in [2.24, 2.45) is 5.73 Å². The van der Waals surface area contributed by atoms with Crippen LogP contribution in [0, 0.1) is 6.92 Å². The van der Waals surface area contributed by atoms with Crippen molar-refractivity contribution >= 4 is 11.7 Å². The zero-order chi connectivity index (χ0) is 13.7. The van der Waals surface area contributed by atoms with E-state index in [0.29, 0.717) is 18.1 Å². The van der Waals surface area contributed by atoms with Gasteiger partial charge in [0.1, 0.15) is 11.6 Å². The van der Waals surface area contributed by atoms with Crippen LogP contribution in [0.5, 0.6) is 5.75 Å². The Morgan fingerprint density at radius 1 is 1.42 bits per heavy atom. The highest BCUT2D eigenvalue weighted by Gasteiger charge is 2.06. The Balaban J connectivity index is 1.84. The zero-order valence-corrected chi connectivity index (χ0v) is 10.6. The quantitative estimate of drug-likeness (QED) is 0.753. The van der Waals surface area contributed by atoms with Crippen LogP contribution in [0.15, 0.2) is 30.5 Å². The van der Waals surface area contributed by atoms with Crippen LogP contribution in [0.2, 0.25) is 0 Å². The van der Waals surface area contributed by atoms with Gasteiger partial charge in [-0.1, -0.05) is 12.1 Å². The number of aromatic amines is 1. The summed E-state index contributed by atoms with van der Waals surface area (Å²) in [5.41, 5.74) is 7.39. The molecule has 6 nitrogen and oxygen atoms in total. The molecule has 0 saturated heterocycles. The first-order chi connectivity index (χ1) is 9.19. The van der Waals surface area contributed by atoms with Crippen LogP contribution >= 0.6 is 0 Å². The maximum absolute atomic E-state index is 11.7. The molecule has 6 heteroatoms. The van der Waals surface area contributed by atoms with Gasteiger partial charge in [-0.3, -0.25) is 9.89 Å². The number of hydrogen-bond donors (Lipinski definition) is 3. The van der Waals surface area contributed by atoms with Crippen LogP contribution in [0.1, 0.15) is 11.1 Å². The summed E-state index contributed by atoms with van der Waals surface area (Å²) in [6.45, 7) is 2.28. The van der Waals surface area contributed by atoms with E-state index in [0.717, 1.165) is 11.1 Å².